The van der Waals surface area contributed by atoms with Gasteiger partial charge in [-0.3, -0.25) is 4.57 Å². The van der Waals surface area contributed by atoms with Crippen LogP contribution in [0.1, 0.15) is 19.1 Å². The zero-order valence-corrected chi connectivity index (χ0v) is 11.3. The summed E-state index contributed by atoms with van der Waals surface area (Å²) in [6, 6.07) is 0. The average molecular weight is 281 g/mol. The Balaban J connectivity index is 2.02. The summed E-state index contributed by atoms with van der Waals surface area (Å²) in [5.74, 6) is 0.379. The molecule has 1 aliphatic heterocycles. The summed E-state index contributed by atoms with van der Waals surface area (Å²) in [7, 11) is 0. The molecule has 1 fully saturated rings. The van der Waals surface area contributed by atoms with Crippen molar-refractivity contribution in [3.63, 3.8) is 0 Å². The molecule has 0 bridgehead atoms. The summed E-state index contributed by atoms with van der Waals surface area (Å²) in [5.41, 5.74) is 7.15. The van der Waals surface area contributed by atoms with E-state index in [-0.39, 0.29) is 18.9 Å². The molecule has 0 saturated carbocycles. The van der Waals surface area contributed by atoms with Crippen LogP contribution in [0.15, 0.2) is 11.5 Å². The third kappa shape index (κ3) is 2.15. The summed E-state index contributed by atoms with van der Waals surface area (Å²) in [6.45, 7) is 0.0380. The van der Waals surface area contributed by atoms with Crippen molar-refractivity contribution >= 4 is 28.7 Å². The lowest BCUT2D eigenvalue weighted by molar-refractivity contribution is -0.0207. The van der Waals surface area contributed by atoms with Gasteiger partial charge in [0.15, 0.2) is 16.6 Å². The van der Waals surface area contributed by atoms with Crippen LogP contribution in [0.3, 0.4) is 0 Å². The fourth-order valence-electron chi connectivity index (χ4n) is 2.25. The first-order valence-electron chi connectivity index (χ1n) is 6.03. The second-order valence-corrected chi connectivity index (χ2v) is 5.17. The van der Waals surface area contributed by atoms with Gasteiger partial charge < -0.3 is 15.6 Å². The van der Waals surface area contributed by atoms with E-state index >= 15 is 0 Å². The van der Waals surface area contributed by atoms with Crippen molar-refractivity contribution in [3.8, 4) is 0 Å². The number of hydrogen-bond acceptors (Lipinski definition) is 7. The summed E-state index contributed by atoms with van der Waals surface area (Å²) in [5, 5.41) is 9.74. The van der Waals surface area contributed by atoms with Crippen molar-refractivity contribution in [2.45, 2.75) is 30.3 Å². The van der Waals surface area contributed by atoms with E-state index < -0.39 is 0 Å². The molecular formula is C11H15N5O2S. The Morgan fingerprint density at radius 1 is 1.53 bits per heavy atom. The lowest BCUT2D eigenvalue weighted by Crippen LogP contribution is -2.14. The Hall–Kier alpha value is -1.38. The molecule has 19 heavy (non-hydrogen) atoms. The van der Waals surface area contributed by atoms with E-state index in [1.807, 2.05) is 10.8 Å². The third-order valence-corrected chi connectivity index (χ3v) is 3.76. The molecule has 0 aliphatic carbocycles. The number of aromatic nitrogens is 4. The van der Waals surface area contributed by atoms with Crippen LogP contribution >= 0.6 is 11.8 Å². The lowest BCUT2D eigenvalue weighted by Gasteiger charge is -2.14. The van der Waals surface area contributed by atoms with Crippen LogP contribution in [0.2, 0.25) is 0 Å². The van der Waals surface area contributed by atoms with E-state index in [2.05, 4.69) is 15.0 Å². The van der Waals surface area contributed by atoms with Gasteiger partial charge in [-0.25, -0.2) is 15.0 Å². The number of hydrogen-bond donors (Lipinski definition) is 2. The van der Waals surface area contributed by atoms with Crippen LogP contribution in [-0.4, -0.2) is 43.6 Å². The second-order valence-electron chi connectivity index (χ2n) is 4.39. The maximum atomic E-state index is 9.12. The van der Waals surface area contributed by atoms with Gasteiger partial charge in [-0.2, -0.15) is 0 Å². The van der Waals surface area contributed by atoms with E-state index in [1.54, 1.807) is 6.33 Å². The molecule has 1 aliphatic rings. The molecule has 0 spiro atoms. The zero-order valence-electron chi connectivity index (χ0n) is 10.5. The smallest absolute Gasteiger partial charge is 0.191 e. The molecule has 2 aromatic rings. The minimum absolute atomic E-state index is 0.0380. The van der Waals surface area contributed by atoms with E-state index in [9.17, 15) is 0 Å². The zero-order chi connectivity index (χ0) is 13.4. The van der Waals surface area contributed by atoms with Gasteiger partial charge in [0, 0.05) is 0 Å². The number of ether oxygens (including phenoxy) is 1. The van der Waals surface area contributed by atoms with Crippen molar-refractivity contribution in [2.75, 3.05) is 18.6 Å². The molecule has 0 aromatic carbocycles. The molecule has 8 heteroatoms. The number of anilines is 1. The van der Waals surface area contributed by atoms with Crippen molar-refractivity contribution in [3.05, 3.63) is 6.33 Å². The molecule has 1 saturated heterocycles. The highest BCUT2D eigenvalue weighted by atomic mass is 32.2. The molecule has 102 valence electrons. The third-order valence-electron chi connectivity index (χ3n) is 3.21. The van der Waals surface area contributed by atoms with Gasteiger partial charge in [0.25, 0.3) is 0 Å². The van der Waals surface area contributed by atoms with Crippen LogP contribution in [0.5, 0.6) is 0 Å². The summed E-state index contributed by atoms with van der Waals surface area (Å²) >= 11 is 1.43. The van der Waals surface area contributed by atoms with Crippen molar-refractivity contribution in [2.24, 2.45) is 0 Å². The number of thioether (sulfide) groups is 1. The van der Waals surface area contributed by atoms with E-state index in [0.29, 0.717) is 22.1 Å². The second kappa shape index (κ2) is 4.95. The number of nitrogen functional groups attached to an aromatic ring is 1. The topological polar surface area (TPSA) is 99.1 Å². The van der Waals surface area contributed by atoms with E-state index in [1.165, 1.54) is 11.8 Å². The van der Waals surface area contributed by atoms with E-state index in [4.69, 9.17) is 15.6 Å². The Morgan fingerprint density at radius 2 is 2.37 bits per heavy atom. The van der Waals surface area contributed by atoms with E-state index in [0.717, 1.165) is 12.8 Å². The molecule has 0 radical (unpaired) electrons. The molecule has 3 heterocycles. The molecule has 2 unspecified atom stereocenters. The predicted octanol–water partition coefficient (Wildman–Crippen LogP) is 0.800. The summed E-state index contributed by atoms with van der Waals surface area (Å²) < 4.78 is 7.61. The number of fused-ring (bicyclic) bond motifs is 1. The molecule has 7 nitrogen and oxygen atoms in total. The first-order chi connectivity index (χ1) is 9.22. The average Bonchev–Trinajstić information content (AvgIpc) is 3.04. The standard InChI is InChI=1S/C11H15N5O2S/c1-19-11-14-9(12)8-10(15-11)16(5-13-8)7-3-2-6(4-17)18-7/h5-7,17H,2-4H2,1H3,(H2,12,14,15). The van der Waals surface area contributed by atoms with Crippen LogP contribution < -0.4 is 5.73 Å². The summed E-state index contributed by atoms with van der Waals surface area (Å²) in [6.07, 6.45) is 4.97. The quantitative estimate of drug-likeness (QED) is 0.634. The molecule has 0 amide bonds. The predicted molar refractivity (Wildman–Crippen MR) is 71.7 cm³/mol. The Labute approximate surface area is 114 Å². The minimum Gasteiger partial charge on any atom is -0.394 e. The van der Waals surface area contributed by atoms with Crippen molar-refractivity contribution in [1.29, 1.82) is 0 Å². The van der Waals surface area contributed by atoms with Crippen molar-refractivity contribution in [1.82, 2.24) is 19.5 Å². The fourth-order valence-corrected chi connectivity index (χ4v) is 2.61. The molecular weight excluding hydrogens is 266 g/mol. The highest BCUT2D eigenvalue weighted by molar-refractivity contribution is 7.98. The molecule has 2 atom stereocenters. The van der Waals surface area contributed by atoms with Gasteiger partial charge in [0.2, 0.25) is 0 Å². The van der Waals surface area contributed by atoms with Crippen molar-refractivity contribution < 1.29 is 9.84 Å². The lowest BCUT2D eigenvalue weighted by atomic mass is 10.2. The Bertz CT molecular complexity index is 602. The van der Waals surface area contributed by atoms with Crippen LogP contribution in [0.25, 0.3) is 11.2 Å². The largest absolute Gasteiger partial charge is 0.394 e. The SMILES string of the molecule is CSc1nc(N)c2ncn(C3CCC(CO)O3)c2n1. The van der Waals surface area contributed by atoms with Crippen LogP contribution in [0.4, 0.5) is 5.82 Å². The number of rotatable bonds is 3. The highest BCUT2D eigenvalue weighted by Crippen LogP contribution is 2.31. The van der Waals surface area contributed by atoms with Gasteiger partial charge in [-0.15, -0.1) is 0 Å². The number of nitrogens with two attached hydrogens (primary N) is 1. The number of nitrogens with zero attached hydrogens (tertiary/aromatic N) is 4. The van der Waals surface area contributed by atoms with Gasteiger partial charge in [0.05, 0.1) is 19.0 Å². The first-order valence-corrected chi connectivity index (χ1v) is 7.25. The highest BCUT2D eigenvalue weighted by Gasteiger charge is 2.27. The fraction of sp³-hybridized carbons (Fsp3) is 0.545. The van der Waals surface area contributed by atoms with Gasteiger partial charge in [-0.1, -0.05) is 11.8 Å². The monoisotopic (exact) mass is 281 g/mol. The number of imidazole rings is 1. The van der Waals surface area contributed by atoms with Gasteiger partial charge >= 0.3 is 0 Å². The number of aliphatic hydroxyl groups is 1. The molecule has 3 N–H and O–H groups in total. The maximum Gasteiger partial charge on any atom is 0.191 e. The minimum atomic E-state index is -0.147. The number of aliphatic hydroxyl groups excluding tert-OH is 1. The summed E-state index contributed by atoms with van der Waals surface area (Å²) in [4.78, 5) is 12.9. The maximum absolute atomic E-state index is 9.12. The van der Waals surface area contributed by atoms with Gasteiger partial charge in [0.1, 0.15) is 11.7 Å². The molecule has 2 aromatic heterocycles. The van der Waals surface area contributed by atoms with Crippen LogP contribution in [0, 0.1) is 0 Å². The first kappa shape index (κ1) is 12.6. The van der Waals surface area contributed by atoms with Gasteiger partial charge in [-0.05, 0) is 19.1 Å². The molecule has 3 rings (SSSR count). The Kier molecular flexibility index (Phi) is 3.29. The van der Waals surface area contributed by atoms with Crippen LogP contribution in [-0.2, 0) is 4.74 Å². The normalized spacial score (nSPS) is 23.3. The Morgan fingerprint density at radius 3 is 3.05 bits per heavy atom.